The Morgan fingerprint density at radius 1 is 1.77 bits per heavy atom. The number of hydrogen-bond donors (Lipinski definition) is 1. The van der Waals surface area contributed by atoms with Gasteiger partial charge in [0.25, 0.3) is 0 Å². The van der Waals surface area contributed by atoms with E-state index in [1.807, 2.05) is 0 Å². The molecule has 0 saturated heterocycles. The quantitative estimate of drug-likeness (QED) is 0.772. The molecule has 0 radical (unpaired) electrons. The molecule has 0 aliphatic rings. The summed E-state index contributed by atoms with van der Waals surface area (Å²) in [5.41, 5.74) is 0.653. The second-order valence-corrected chi connectivity index (χ2v) is 2.61. The monoisotopic (exact) mass is 183 g/mol. The Morgan fingerprint density at radius 2 is 2.54 bits per heavy atom. The summed E-state index contributed by atoms with van der Waals surface area (Å²) in [7, 11) is 1.33. The van der Waals surface area contributed by atoms with Crippen LogP contribution in [-0.2, 0) is 11.3 Å². The molecule has 0 atom stereocenters. The molecule has 0 unspecified atom stereocenters. The number of hydrogen-bond acceptors (Lipinski definition) is 3. The zero-order valence-corrected chi connectivity index (χ0v) is 7.78. The van der Waals surface area contributed by atoms with Gasteiger partial charge in [-0.05, 0) is 6.42 Å². The lowest BCUT2D eigenvalue weighted by Crippen LogP contribution is -2.10. The first kappa shape index (κ1) is 9.57. The van der Waals surface area contributed by atoms with E-state index in [0.29, 0.717) is 5.69 Å². The zero-order chi connectivity index (χ0) is 9.68. The normalized spacial score (nSPS) is 9.69. The highest BCUT2D eigenvalue weighted by Crippen LogP contribution is 2.05. The molecule has 1 aromatic heterocycles. The summed E-state index contributed by atoms with van der Waals surface area (Å²) >= 11 is 0. The number of methoxy groups -OCH3 is 1. The molecule has 72 valence electrons. The van der Waals surface area contributed by atoms with Crippen LogP contribution in [0.15, 0.2) is 12.4 Å². The van der Waals surface area contributed by atoms with E-state index in [0.717, 1.165) is 13.0 Å². The van der Waals surface area contributed by atoms with Crippen molar-refractivity contribution in [2.75, 3.05) is 12.4 Å². The number of rotatable bonds is 3. The van der Waals surface area contributed by atoms with Gasteiger partial charge >= 0.3 is 6.09 Å². The summed E-state index contributed by atoms with van der Waals surface area (Å²) < 4.78 is 6.21. The van der Waals surface area contributed by atoms with Crippen LogP contribution in [0.1, 0.15) is 13.3 Å². The van der Waals surface area contributed by atoms with Crippen molar-refractivity contribution in [3.05, 3.63) is 12.4 Å². The summed E-state index contributed by atoms with van der Waals surface area (Å²) in [6, 6.07) is 0. The maximum absolute atomic E-state index is 10.8. The lowest BCUT2D eigenvalue weighted by Gasteiger charge is -1.98. The standard InChI is InChI=1S/C8H13N3O2/c1-3-4-11-6-7(5-9-11)10-8(12)13-2/h5-6H,3-4H2,1-2H3,(H,10,12). The molecule has 0 fully saturated rings. The first-order chi connectivity index (χ1) is 6.26. The fraction of sp³-hybridized carbons (Fsp3) is 0.500. The minimum atomic E-state index is -0.476. The number of ether oxygens (including phenoxy) is 1. The molecular formula is C8H13N3O2. The highest BCUT2D eigenvalue weighted by atomic mass is 16.5. The van der Waals surface area contributed by atoms with Crippen LogP contribution in [0.2, 0.25) is 0 Å². The van der Waals surface area contributed by atoms with Gasteiger partial charge in [0.2, 0.25) is 0 Å². The smallest absolute Gasteiger partial charge is 0.411 e. The summed E-state index contributed by atoms with van der Waals surface area (Å²) in [6.07, 6.45) is 3.89. The van der Waals surface area contributed by atoms with Crippen LogP contribution < -0.4 is 5.32 Å². The minimum absolute atomic E-state index is 0.476. The molecule has 0 aliphatic carbocycles. The maximum atomic E-state index is 10.8. The highest BCUT2D eigenvalue weighted by Gasteiger charge is 2.02. The average molecular weight is 183 g/mol. The van der Waals surface area contributed by atoms with E-state index >= 15 is 0 Å². The number of aromatic nitrogens is 2. The first-order valence-electron chi connectivity index (χ1n) is 4.13. The SMILES string of the molecule is CCCn1cc(NC(=O)OC)cn1. The number of anilines is 1. The Morgan fingerprint density at radius 3 is 3.15 bits per heavy atom. The van der Waals surface area contributed by atoms with Gasteiger partial charge in [-0.1, -0.05) is 6.92 Å². The first-order valence-corrected chi connectivity index (χ1v) is 4.13. The molecule has 5 nitrogen and oxygen atoms in total. The third-order valence-corrected chi connectivity index (χ3v) is 1.52. The molecule has 1 heterocycles. The molecule has 0 bridgehead atoms. The molecular weight excluding hydrogens is 170 g/mol. The van der Waals surface area contributed by atoms with Crippen molar-refractivity contribution in [2.24, 2.45) is 0 Å². The lowest BCUT2D eigenvalue weighted by molar-refractivity contribution is 0.187. The molecule has 0 aromatic carbocycles. The van der Waals surface area contributed by atoms with E-state index in [2.05, 4.69) is 22.1 Å². The van der Waals surface area contributed by atoms with Crippen molar-refractivity contribution >= 4 is 11.8 Å². The number of nitrogens with zero attached hydrogens (tertiary/aromatic N) is 2. The molecule has 0 aliphatic heterocycles. The number of nitrogens with one attached hydrogen (secondary N) is 1. The van der Waals surface area contributed by atoms with E-state index in [-0.39, 0.29) is 0 Å². The van der Waals surface area contributed by atoms with Crippen LogP contribution in [0.25, 0.3) is 0 Å². The van der Waals surface area contributed by atoms with Crippen LogP contribution in [0.3, 0.4) is 0 Å². The van der Waals surface area contributed by atoms with Crippen LogP contribution >= 0.6 is 0 Å². The topological polar surface area (TPSA) is 56.2 Å². The van der Waals surface area contributed by atoms with Crippen molar-refractivity contribution in [3.63, 3.8) is 0 Å². The van der Waals surface area contributed by atoms with Crippen molar-refractivity contribution < 1.29 is 9.53 Å². The van der Waals surface area contributed by atoms with Crippen molar-refractivity contribution in [1.29, 1.82) is 0 Å². The van der Waals surface area contributed by atoms with Crippen molar-refractivity contribution in [3.8, 4) is 0 Å². The summed E-state index contributed by atoms with van der Waals surface area (Å²) in [5, 5.41) is 6.57. The fourth-order valence-corrected chi connectivity index (χ4v) is 0.948. The number of amides is 1. The average Bonchev–Trinajstić information content (AvgIpc) is 2.53. The summed E-state index contributed by atoms with van der Waals surface area (Å²) in [6.45, 7) is 2.91. The molecule has 0 saturated carbocycles. The molecule has 1 amide bonds. The van der Waals surface area contributed by atoms with Gasteiger partial charge in [0.15, 0.2) is 0 Å². The summed E-state index contributed by atoms with van der Waals surface area (Å²) in [5.74, 6) is 0. The lowest BCUT2D eigenvalue weighted by atomic mass is 10.5. The molecule has 5 heteroatoms. The number of aryl methyl sites for hydroxylation is 1. The fourth-order valence-electron chi connectivity index (χ4n) is 0.948. The zero-order valence-electron chi connectivity index (χ0n) is 7.78. The second-order valence-electron chi connectivity index (χ2n) is 2.61. The third-order valence-electron chi connectivity index (χ3n) is 1.52. The van der Waals surface area contributed by atoms with E-state index in [9.17, 15) is 4.79 Å². The van der Waals surface area contributed by atoms with Gasteiger partial charge in [-0.3, -0.25) is 10.00 Å². The van der Waals surface area contributed by atoms with Gasteiger partial charge in [-0.2, -0.15) is 5.10 Å². The number of carbonyl (C=O) groups is 1. The van der Waals surface area contributed by atoms with Gasteiger partial charge in [-0.15, -0.1) is 0 Å². The predicted molar refractivity (Wildman–Crippen MR) is 48.5 cm³/mol. The Hall–Kier alpha value is -1.52. The summed E-state index contributed by atoms with van der Waals surface area (Å²) in [4.78, 5) is 10.8. The van der Waals surface area contributed by atoms with E-state index in [4.69, 9.17) is 0 Å². The Kier molecular flexibility index (Phi) is 3.31. The molecule has 1 rings (SSSR count). The molecule has 0 spiro atoms. The van der Waals surface area contributed by atoms with Gasteiger partial charge in [-0.25, -0.2) is 4.79 Å². The van der Waals surface area contributed by atoms with Crippen LogP contribution in [0.5, 0.6) is 0 Å². The van der Waals surface area contributed by atoms with Crippen LogP contribution in [0, 0.1) is 0 Å². The molecule has 1 N–H and O–H groups in total. The van der Waals surface area contributed by atoms with Gasteiger partial charge in [0, 0.05) is 12.7 Å². The predicted octanol–water partition coefficient (Wildman–Crippen LogP) is 1.47. The van der Waals surface area contributed by atoms with Crippen molar-refractivity contribution in [1.82, 2.24) is 9.78 Å². The van der Waals surface area contributed by atoms with Crippen LogP contribution in [-0.4, -0.2) is 23.0 Å². The van der Waals surface area contributed by atoms with E-state index < -0.39 is 6.09 Å². The maximum Gasteiger partial charge on any atom is 0.411 e. The van der Waals surface area contributed by atoms with Crippen LogP contribution in [0.4, 0.5) is 10.5 Å². The second kappa shape index (κ2) is 4.49. The number of carbonyl (C=O) groups excluding carboxylic acids is 1. The van der Waals surface area contributed by atoms with E-state index in [1.54, 1.807) is 17.1 Å². The molecule has 1 aromatic rings. The Labute approximate surface area is 76.7 Å². The van der Waals surface area contributed by atoms with Crippen molar-refractivity contribution in [2.45, 2.75) is 19.9 Å². The Balaban J connectivity index is 2.53. The van der Waals surface area contributed by atoms with Gasteiger partial charge in [0.05, 0.1) is 19.0 Å². The van der Waals surface area contributed by atoms with Gasteiger partial charge < -0.3 is 4.74 Å². The third kappa shape index (κ3) is 2.77. The van der Waals surface area contributed by atoms with E-state index in [1.165, 1.54) is 7.11 Å². The Bertz CT molecular complexity index is 283. The minimum Gasteiger partial charge on any atom is -0.453 e. The molecule has 13 heavy (non-hydrogen) atoms. The van der Waals surface area contributed by atoms with Gasteiger partial charge in [0.1, 0.15) is 0 Å². The largest absolute Gasteiger partial charge is 0.453 e. The highest BCUT2D eigenvalue weighted by molar-refractivity contribution is 5.83.